The van der Waals surface area contributed by atoms with Crippen LogP contribution in [0.15, 0.2) is 12.1 Å². The Morgan fingerprint density at radius 3 is 2.42 bits per heavy atom. The van der Waals surface area contributed by atoms with Crippen molar-refractivity contribution in [2.75, 3.05) is 6.61 Å². The van der Waals surface area contributed by atoms with E-state index < -0.39 is 5.97 Å². The monoisotopic (exact) mass is 374 g/mol. The molecular weight excluding hydrogens is 348 g/mol. The highest BCUT2D eigenvalue weighted by Gasteiger charge is 2.29. The van der Waals surface area contributed by atoms with Gasteiger partial charge >= 0.3 is 5.97 Å². The second-order valence-electron chi connectivity index (χ2n) is 7.18. The molecule has 0 unspecified atom stereocenters. The lowest BCUT2D eigenvalue weighted by atomic mass is 10.1. The molecule has 1 amide bonds. The summed E-state index contributed by atoms with van der Waals surface area (Å²) in [6, 6.07) is 4.20. The van der Waals surface area contributed by atoms with Crippen molar-refractivity contribution >= 4 is 23.2 Å². The molecule has 0 aliphatic heterocycles. The number of aryl methyl sites for hydroxylation is 3. The number of nitrogens with zero attached hydrogens (tertiary/aromatic N) is 1. The first-order valence-electron chi connectivity index (χ1n) is 9.01. The Kier molecular flexibility index (Phi) is 5.23. The van der Waals surface area contributed by atoms with Crippen LogP contribution in [0.4, 0.5) is 0 Å². The third-order valence-electron chi connectivity index (χ3n) is 5.10. The van der Waals surface area contributed by atoms with Gasteiger partial charge in [-0.3, -0.25) is 4.79 Å². The first-order chi connectivity index (χ1) is 12.3. The first-order valence-corrected chi connectivity index (χ1v) is 9.83. The van der Waals surface area contributed by atoms with Gasteiger partial charge < -0.3 is 14.6 Å². The summed E-state index contributed by atoms with van der Waals surface area (Å²) in [7, 11) is 0. The van der Waals surface area contributed by atoms with Crippen LogP contribution >= 0.6 is 11.3 Å². The number of hydrogen-bond donors (Lipinski definition) is 1. The van der Waals surface area contributed by atoms with Gasteiger partial charge in [-0.15, -0.1) is 11.3 Å². The molecule has 1 fully saturated rings. The molecule has 1 saturated carbocycles. The smallest absolute Gasteiger partial charge is 0.341 e. The number of carbonyl (C=O) groups excluding carboxylic acids is 2. The number of nitrogens with one attached hydrogen (secondary N) is 1. The molecule has 0 saturated heterocycles. The van der Waals surface area contributed by atoms with E-state index in [4.69, 9.17) is 4.74 Å². The van der Waals surface area contributed by atoms with Gasteiger partial charge in [0.05, 0.1) is 5.56 Å². The van der Waals surface area contributed by atoms with Gasteiger partial charge in [-0.2, -0.15) is 0 Å². The van der Waals surface area contributed by atoms with Gasteiger partial charge in [0.1, 0.15) is 5.00 Å². The summed E-state index contributed by atoms with van der Waals surface area (Å²) >= 11 is 1.57. The van der Waals surface area contributed by atoms with Gasteiger partial charge in [0, 0.05) is 22.3 Å². The van der Waals surface area contributed by atoms with Crippen LogP contribution in [0, 0.1) is 33.6 Å². The fourth-order valence-corrected chi connectivity index (χ4v) is 4.47. The largest absolute Gasteiger partial charge is 0.452 e. The molecule has 1 N–H and O–H groups in total. The van der Waals surface area contributed by atoms with Crippen molar-refractivity contribution in [2.45, 2.75) is 53.5 Å². The number of carbonyl (C=O) groups is 2. The normalized spacial score (nSPS) is 15.0. The Hall–Kier alpha value is -2.08. The number of hydrogen-bond acceptors (Lipinski definition) is 4. The maximum Gasteiger partial charge on any atom is 0.341 e. The maximum atomic E-state index is 12.7. The minimum atomic E-state index is -0.441. The number of esters is 1. The van der Waals surface area contributed by atoms with E-state index in [1.807, 2.05) is 46.8 Å². The number of rotatable bonds is 6. The summed E-state index contributed by atoms with van der Waals surface area (Å²) in [6.45, 7) is 9.71. The highest BCUT2D eigenvalue weighted by atomic mass is 32.1. The summed E-state index contributed by atoms with van der Waals surface area (Å²) in [6.07, 6.45) is 2.32. The Balaban J connectivity index is 1.76. The molecule has 1 aliphatic rings. The zero-order chi connectivity index (χ0) is 19.0. The molecule has 0 aromatic carbocycles. The molecule has 2 aromatic rings. The Morgan fingerprint density at radius 1 is 1.23 bits per heavy atom. The summed E-state index contributed by atoms with van der Waals surface area (Å²) in [5.41, 5.74) is 3.59. The predicted molar refractivity (Wildman–Crippen MR) is 103 cm³/mol. The number of ether oxygens (including phenoxy) is 1. The highest BCUT2D eigenvalue weighted by Crippen LogP contribution is 2.34. The van der Waals surface area contributed by atoms with E-state index in [-0.39, 0.29) is 18.6 Å². The number of amides is 1. The van der Waals surface area contributed by atoms with Gasteiger partial charge in [0.15, 0.2) is 6.61 Å². The predicted octanol–water partition coefficient (Wildman–Crippen LogP) is 3.84. The molecule has 0 spiro atoms. The highest BCUT2D eigenvalue weighted by molar-refractivity contribution is 7.15. The Morgan fingerprint density at radius 2 is 1.85 bits per heavy atom. The van der Waals surface area contributed by atoms with Gasteiger partial charge in [-0.05, 0) is 71.1 Å². The minimum absolute atomic E-state index is 0.145. The summed E-state index contributed by atoms with van der Waals surface area (Å²) in [4.78, 5) is 25.9. The van der Waals surface area contributed by atoms with E-state index in [9.17, 15) is 9.59 Å². The van der Waals surface area contributed by atoms with Gasteiger partial charge in [-0.1, -0.05) is 0 Å². The summed E-state index contributed by atoms with van der Waals surface area (Å²) < 4.78 is 7.41. The zero-order valence-electron chi connectivity index (χ0n) is 16.0. The second-order valence-corrected chi connectivity index (χ2v) is 8.39. The molecule has 0 bridgehead atoms. The molecule has 1 atom stereocenters. The molecule has 1 aliphatic carbocycles. The minimum Gasteiger partial charge on any atom is -0.452 e. The lowest BCUT2D eigenvalue weighted by molar-refractivity contribution is -0.124. The fourth-order valence-electron chi connectivity index (χ4n) is 3.21. The third-order valence-corrected chi connectivity index (χ3v) is 6.29. The second kappa shape index (κ2) is 7.27. The molecule has 2 heterocycles. The van der Waals surface area contributed by atoms with E-state index in [1.165, 1.54) is 0 Å². The summed E-state index contributed by atoms with van der Waals surface area (Å²) in [5.74, 6) is -0.108. The van der Waals surface area contributed by atoms with Gasteiger partial charge in [-0.25, -0.2) is 4.79 Å². The van der Waals surface area contributed by atoms with Crippen LogP contribution in [0.1, 0.15) is 52.0 Å². The average Bonchev–Trinajstić information content (AvgIpc) is 3.33. The summed E-state index contributed by atoms with van der Waals surface area (Å²) in [5, 5.41) is 3.77. The van der Waals surface area contributed by atoms with Gasteiger partial charge in [0.2, 0.25) is 0 Å². The van der Waals surface area contributed by atoms with E-state index in [0.717, 1.165) is 39.7 Å². The van der Waals surface area contributed by atoms with Crippen LogP contribution < -0.4 is 5.32 Å². The van der Waals surface area contributed by atoms with Crippen LogP contribution in [0.2, 0.25) is 0 Å². The lowest BCUT2D eigenvalue weighted by Gasteiger charge is -2.14. The van der Waals surface area contributed by atoms with Crippen molar-refractivity contribution in [1.82, 2.24) is 9.88 Å². The van der Waals surface area contributed by atoms with Crippen molar-refractivity contribution in [2.24, 2.45) is 5.92 Å². The average molecular weight is 375 g/mol. The van der Waals surface area contributed by atoms with Crippen molar-refractivity contribution in [3.8, 4) is 5.00 Å². The van der Waals surface area contributed by atoms with E-state index in [2.05, 4.69) is 9.88 Å². The molecule has 0 radical (unpaired) electrons. The molecule has 2 aromatic heterocycles. The molecule has 140 valence electrons. The van der Waals surface area contributed by atoms with Crippen LogP contribution in [0.5, 0.6) is 0 Å². The molecule has 6 heteroatoms. The number of thiophene rings is 1. The fraction of sp³-hybridized carbons (Fsp3) is 0.500. The van der Waals surface area contributed by atoms with Gasteiger partial charge in [0.25, 0.3) is 5.91 Å². The van der Waals surface area contributed by atoms with Crippen LogP contribution in [0.3, 0.4) is 0 Å². The topological polar surface area (TPSA) is 60.3 Å². The first kappa shape index (κ1) is 18.7. The number of aromatic nitrogens is 1. The molecule has 26 heavy (non-hydrogen) atoms. The SMILES string of the molecule is Cc1sc(-n2c(C)ccc2C)c(C(=O)OCC(=O)N[C@H](C)C2CC2)c1C. The van der Waals surface area contributed by atoms with Crippen molar-refractivity contribution < 1.29 is 14.3 Å². The van der Waals surface area contributed by atoms with Crippen molar-refractivity contribution in [3.05, 3.63) is 39.5 Å². The molecular formula is C20H26N2O3S. The van der Waals surface area contributed by atoms with Crippen molar-refractivity contribution in [1.29, 1.82) is 0 Å². The zero-order valence-corrected chi connectivity index (χ0v) is 16.8. The maximum absolute atomic E-state index is 12.7. The van der Waals surface area contributed by atoms with Crippen LogP contribution in [-0.2, 0) is 9.53 Å². The quantitative estimate of drug-likeness (QED) is 0.782. The van der Waals surface area contributed by atoms with E-state index >= 15 is 0 Å². The Bertz CT molecular complexity index is 826. The van der Waals surface area contributed by atoms with Crippen molar-refractivity contribution in [3.63, 3.8) is 0 Å². The molecule has 3 rings (SSSR count). The Labute approximate surface area is 158 Å². The molecule has 5 nitrogen and oxygen atoms in total. The van der Waals surface area contributed by atoms with E-state index in [1.54, 1.807) is 11.3 Å². The standard InChI is InChI=1S/C20H26N2O3S/c1-11-6-7-12(2)22(11)19-18(13(3)15(5)26-19)20(24)25-10-17(23)21-14(4)16-8-9-16/h6-7,14,16H,8-10H2,1-5H3,(H,21,23)/t14-/m1/s1. The lowest BCUT2D eigenvalue weighted by Crippen LogP contribution is -2.37. The van der Waals surface area contributed by atoms with Crippen LogP contribution in [-0.4, -0.2) is 29.1 Å². The third kappa shape index (κ3) is 3.70. The van der Waals surface area contributed by atoms with Crippen LogP contribution in [0.25, 0.3) is 5.00 Å². The van der Waals surface area contributed by atoms with E-state index in [0.29, 0.717) is 11.5 Å².